The van der Waals surface area contributed by atoms with E-state index in [0.29, 0.717) is 12.1 Å². The Morgan fingerprint density at radius 2 is 2.00 bits per heavy atom. The second-order valence-corrected chi connectivity index (χ2v) is 5.83. The van der Waals surface area contributed by atoms with Gasteiger partial charge in [0.15, 0.2) is 0 Å². The number of aromatic nitrogens is 2. The molecule has 1 aromatic rings. The molecule has 1 saturated heterocycles. The van der Waals surface area contributed by atoms with E-state index >= 15 is 0 Å². The van der Waals surface area contributed by atoms with E-state index in [9.17, 15) is 0 Å². The van der Waals surface area contributed by atoms with Gasteiger partial charge >= 0.3 is 0 Å². The third-order valence-corrected chi connectivity index (χ3v) is 4.38. The highest BCUT2D eigenvalue weighted by Crippen LogP contribution is 2.34. The fourth-order valence-corrected chi connectivity index (χ4v) is 3.23. The zero-order chi connectivity index (χ0) is 14.7. The quantitative estimate of drug-likeness (QED) is 0.893. The van der Waals surface area contributed by atoms with Crippen LogP contribution in [0.25, 0.3) is 0 Å². The van der Waals surface area contributed by atoms with Crippen molar-refractivity contribution in [2.45, 2.75) is 71.9 Å². The number of nitrogens with zero attached hydrogens (tertiary/aromatic N) is 3. The molecule has 2 unspecified atom stereocenters. The number of hydrogen-bond donors (Lipinski definition) is 1. The summed E-state index contributed by atoms with van der Waals surface area (Å²) in [6.45, 7) is 8.90. The van der Waals surface area contributed by atoms with Crippen LogP contribution < -0.4 is 10.2 Å². The van der Waals surface area contributed by atoms with E-state index in [1.807, 2.05) is 7.05 Å². The van der Waals surface area contributed by atoms with Crippen LogP contribution in [0.4, 0.5) is 11.6 Å². The lowest BCUT2D eigenvalue weighted by Crippen LogP contribution is -2.36. The van der Waals surface area contributed by atoms with Gasteiger partial charge in [0, 0.05) is 31.1 Å². The van der Waals surface area contributed by atoms with Crippen LogP contribution >= 0.6 is 0 Å². The molecule has 1 N–H and O–H groups in total. The summed E-state index contributed by atoms with van der Waals surface area (Å²) in [5.74, 6) is 3.09. The molecule has 1 aliphatic heterocycles. The summed E-state index contributed by atoms with van der Waals surface area (Å²) in [6, 6.07) is 1.20. The van der Waals surface area contributed by atoms with Gasteiger partial charge < -0.3 is 10.2 Å². The molecule has 2 rings (SSSR count). The van der Waals surface area contributed by atoms with Gasteiger partial charge in [-0.3, -0.25) is 0 Å². The van der Waals surface area contributed by atoms with Gasteiger partial charge in [0.25, 0.3) is 0 Å². The summed E-state index contributed by atoms with van der Waals surface area (Å²) in [5, 5.41) is 3.23. The van der Waals surface area contributed by atoms with Crippen molar-refractivity contribution in [2.24, 2.45) is 0 Å². The molecule has 112 valence electrons. The molecule has 0 saturated carbocycles. The molecule has 1 fully saturated rings. The van der Waals surface area contributed by atoms with Crippen LogP contribution in [-0.4, -0.2) is 29.1 Å². The van der Waals surface area contributed by atoms with Crippen LogP contribution in [0.2, 0.25) is 0 Å². The fraction of sp³-hybridized carbons (Fsp3) is 0.750. The molecule has 0 radical (unpaired) electrons. The summed E-state index contributed by atoms with van der Waals surface area (Å²) in [7, 11) is 1.94. The molecule has 20 heavy (non-hydrogen) atoms. The maximum Gasteiger partial charge on any atom is 0.137 e. The molecule has 1 aromatic heterocycles. The van der Waals surface area contributed by atoms with Gasteiger partial charge in [-0.25, -0.2) is 9.97 Å². The average molecular weight is 276 g/mol. The van der Waals surface area contributed by atoms with Gasteiger partial charge in [-0.05, 0) is 39.5 Å². The maximum absolute atomic E-state index is 4.88. The van der Waals surface area contributed by atoms with E-state index in [1.165, 1.54) is 24.8 Å². The number of anilines is 2. The highest BCUT2D eigenvalue weighted by atomic mass is 15.3. The van der Waals surface area contributed by atoms with Gasteiger partial charge in [-0.1, -0.05) is 13.8 Å². The van der Waals surface area contributed by atoms with E-state index in [0.717, 1.165) is 30.3 Å². The van der Waals surface area contributed by atoms with Gasteiger partial charge in [-0.15, -0.1) is 0 Å². The Balaban J connectivity index is 2.45. The van der Waals surface area contributed by atoms with Crippen molar-refractivity contribution >= 4 is 11.6 Å². The second kappa shape index (κ2) is 6.42. The van der Waals surface area contributed by atoms with E-state index in [-0.39, 0.29) is 0 Å². The molecule has 0 aromatic carbocycles. The van der Waals surface area contributed by atoms with Gasteiger partial charge in [-0.2, -0.15) is 0 Å². The predicted octanol–water partition coefficient (Wildman–Crippen LogP) is 3.55. The van der Waals surface area contributed by atoms with Crippen molar-refractivity contribution in [2.75, 3.05) is 17.3 Å². The first-order valence-electron chi connectivity index (χ1n) is 7.95. The maximum atomic E-state index is 4.88. The molecular formula is C16H28N4. The molecular weight excluding hydrogens is 248 g/mol. The van der Waals surface area contributed by atoms with Gasteiger partial charge in [0.1, 0.15) is 17.5 Å². The minimum atomic E-state index is 0.577. The molecule has 0 spiro atoms. The number of rotatable bonds is 5. The lowest BCUT2D eigenvalue weighted by atomic mass is 10.1. The minimum absolute atomic E-state index is 0.577. The number of aryl methyl sites for hydroxylation is 1. The zero-order valence-corrected chi connectivity index (χ0v) is 13.5. The molecule has 4 nitrogen and oxygen atoms in total. The second-order valence-electron chi connectivity index (χ2n) is 5.83. The third-order valence-electron chi connectivity index (χ3n) is 4.38. The summed E-state index contributed by atoms with van der Waals surface area (Å²) in [4.78, 5) is 12.0. The Bertz CT molecular complexity index is 458. The van der Waals surface area contributed by atoms with E-state index < -0.39 is 0 Å². The molecule has 2 atom stereocenters. The van der Waals surface area contributed by atoms with Gasteiger partial charge in [0.05, 0.1) is 0 Å². The van der Waals surface area contributed by atoms with E-state index in [4.69, 9.17) is 4.98 Å². The van der Waals surface area contributed by atoms with Crippen LogP contribution in [-0.2, 0) is 6.42 Å². The first-order chi connectivity index (χ1) is 9.62. The Labute approximate surface area is 123 Å². The van der Waals surface area contributed by atoms with Crippen LogP contribution in [0.15, 0.2) is 0 Å². The molecule has 0 amide bonds. The first-order valence-corrected chi connectivity index (χ1v) is 7.95. The van der Waals surface area contributed by atoms with Crippen molar-refractivity contribution in [3.63, 3.8) is 0 Å². The summed E-state index contributed by atoms with van der Waals surface area (Å²) < 4.78 is 0. The van der Waals surface area contributed by atoms with Crippen molar-refractivity contribution in [3.8, 4) is 0 Å². The highest BCUT2D eigenvalue weighted by Gasteiger charge is 2.32. The molecule has 0 bridgehead atoms. The normalized spacial score (nSPS) is 22.4. The summed E-state index contributed by atoms with van der Waals surface area (Å²) in [6.07, 6.45) is 5.75. The summed E-state index contributed by atoms with van der Waals surface area (Å²) in [5.41, 5.74) is 1.18. The monoisotopic (exact) mass is 276 g/mol. The van der Waals surface area contributed by atoms with Crippen LogP contribution in [0, 0.1) is 6.92 Å². The summed E-state index contributed by atoms with van der Waals surface area (Å²) >= 11 is 0. The van der Waals surface area contributed by atoms with Crippen LogP contribution in [0.1, 0.15) is 57.8 Å². The lowest BCUT2D eigenvalue weighted by Gasteiger charge is -2.31. The standard InChI is InChI=1S/C16H28N4/c1-6-8-14-18-15(17-5)12(4)16(19-14)20-11(3)9-10-13(20)7-2/h11,13H,6-10H2,1-5H3,(H,17,18,19). The van der Waals surface area contributed by atoms with E-state index in [1.54, 1.807) is 0 Å². The molecule has 4 heteroatoms. The van der Waals surface area contributed by atoms with E-state index in [2.05, 4.69) is 42.9 Å². The van der Waals surface area contributed by atoms with Crippen LogP contribution in [0.3, 0.4) is 0 Å². The Morgan fingerprint density at radius 1 is 1.25 bits per heavy atom. The number of nitrogens with one attached hydrogen (secondary N) is 1. The molecule has 1 aliphatic rings. The van der Waals surface area contributed by atoms with Gasteiger partial charge in [0.2, 0.25) is 0 Å². The Hall–Kier alpha value is -1.32. The Kier molecular flexibility index (Phi) is 4.84. The lowest BCUT2D eigenvalue weighted by molar-refractivity contribution is 0.616. The SMILES string of the molecule is CCCc1nc(NC)c(C)c(N2C(C)CCC2CC)n1. The Morgan fingerprint density at radius 3 is 2.60 bits per heavy atom. The number of hydrogen-bond acceptors (Lipinski definition) is 4. The van der Waals surface area contributed by atoms with Crippen LogP contribution in [0.5, 0.6) is 0 Å². The topological polar surface area (TPSA) is 41.1 Å². The smallest absolute Gasteiger partial charge is 0.137 e. The van der Waals surface area contributed by atoms with Crippen molar-refractivity contribution < 1.29 is 0 Å². The van der Waals surface area contributed by atoms with Crippen molar-refractivity contribution in [3.05, 3.63) is 11.4 Å². The molecule has 2 heterocycles. The first kappa shape index (κ1) is 15.1. The zero-order valence-electron chi connectivity index (χ0n) is 13.5. The van der Waals surface area contributed by atoms with Crippen molar-refractivity contribution in [1.29, 1.82) is 0 Å². The minimum Gasteiger partial charge on any atom is -0.373 e. The largest absolute Gasteiger partial charge is 0.373 e. The third kappa shape index (κ3) is 2.74. The fourth-order valence-electron chi connectivity index (χ4n) is 3.23. The molecule has 0 aliphatic carbocycles. The highest BCUT2D eigenvalue weighted by molar-refractivity contribution is 5.60. The van der Waals surface area contributed by atoms with Crippen molar-refractivity contribution in [1.82, 2.24) is 9.97 Å². The average Bonchev–Trinajstić information content (AvgIpc) is 2.82. The predicted molar refractivity (Wildman–Crippen MR) is 85.6 cm³/mol.